The van der Waals surface area contributed by atoms with Gasteiger partial charge in [-0.2, -0.15) is 5.10 Å². The molecule has 0 saturated heterocycles. The molecular formula is C14H18BrN3O. The Kier molecular flexibility index (Phi) is 4.61. The second-order valence-corrected chi connectivity index (χ2v) is 5.43. The molecule has 0 spiro atoms. The van der Waals surface area contributed by atoms with Crippen LogP contribution < -0.4 is 10.5 Å². The lowest BCUT2D eigenvalue weighted by molar-refractivity contribution is 0.171. The van der Waals surface area contributed by atoms with Gasteiger partial charge in [-0.05, 0) is 30.7 Å². The Labute approximate surface area is 121 Å². The number of halogens is 1. The molecule has 2 rings (SSSR count). The minimum Gasteiger partial charge on any atom is -0.484 e. The Bertz CT molecular complexity index is 524. The van der Waals surface area contributed by atoms with Crippen molar-refractivity contribution >= 4 is 15.9 Å². The summed E-state index contributed by atoms with van der Waals surface area (Å²) in [6, 6.07) is 7.69. The van der Waals surface area contributed by atoms with E-state index >= 15 is 0 Å². The summed E-state index contributed by atoms with van der Waals surface area (Å²) >= 11 is 3.41. The molecule has 4 nitrogen and oxygen atoms in total. The Morgan fingerprint density at radius 3 is 2.58 bits per heavy atom. The minimum absolute atomic E-state index is 0.0622. The van der Waals surface area contributed by atoms with E-state index in [1.54, 1.807) is 10.9 Å². The van der Waals surface area contributed by atoms with Crippen LogP contribution in [0.1, 0.15) is 25.0 Å². The van der Waals surface area contributed by atoms with Crippen molar-refractivity contribution in [2.24, 2.45) is 12.8 Å². The summed E-state index contributed by atoms with van der Waals surface area (Å²) in [6.45, 7) is 2.05. The molecule has 102 valence electrons. The van der Waals surface area contributed by atoms with Crippen LogP contribution in [0.5, 0.6) is 5.75 Å². The predicted octanol–water partition coefficient (Wildman–Crippen LogP) is 3.04. The van der Waals surface area contributed by atoms with Crippen LogP contribution in [0.4, 0.5) is 0 Å². The molecule has 0 aliphatic rings. The molecule has 0 aliphatic heterocycles. The van der Waals surface area contributed by atoms with Crippen LogP contribution >= 0.6 is 15.9 Å². The normalized spacial score (nSPS) is 14.1. The number of nitrogens with zero attached hydrogens (tertiary/aromatic N) is 2. The van der Waals surface area contributed by atoms with Gasteiger partial charge in [0.15, 0.2) is 0 Å². The zero-order valence-electron chi connectivity index (χ0n) is 11.1. The maximum absolute atomic E-state index is 6.16. The number of hydrogen-bond acceptors (Lipinski definition) is 3. The lowest BCUT2D eigenvalue weighted by Crippen LogP contribution is -2.31. The highest BCUT2D eigenvalue weighted by Crippen LogP contribution is 2.26. The molecule has 0 saturated carbocycles. The van der Waals surface area contributed by atoms with Crippen molar-refractivity contribution < 1.29 is 4.74 Å². The Morgan fingerprint density at radius 2 is 2.05 bits per heavy atom. The minimum atomic E-state index is -0.181. The second-order valence-electron chi connectivity index (χ2n) is 4.51. The number of aromatic nitrogens is 2. The number of hydrogen-bond donors (Lipinski definition) is 1. The van der Waals surface area contributed by atoms with Crippen LogP contribution in [0.15, 0.2) is 41.1 Å². The molecule has 5 heteroatoms. The predicted molar refractivity (Wildman–Crippen MR) is 79.0 cm³/mol. The standard InChI is InChI=1S/C14H18BrN3O/c1-3-13(16)14(10-8-17-18(2)9-10)19-12-6-4-11(15)5-7-12/h4-9,13-14H,3,16H2,1-2H3. The first-order chi connectivity index (χ1) is 9.10. The van der Waals surface area contributed by atoms with Crippen molar-refractivity contribution in [3.05, 3.63) is 46.7 Å². The molecule has 2 N–H and O–H groups in total. The number of benzene rings is 1. The molecule has 2 unspecified atom stereocenters. The fraction of sp³-hybridized carbons (Fsp3) is 0.357. The first-order valence-corrected chi connectivity index (χ1v) is 7.05. The molecule has 2 atom stereocenters. The highest BCUT2D eigenvalue weighted by Gasteiger charge is 2.22. The van der Waals surface area contributed by atoms with Crippen molar-refractivity contribution in [2.45, 2.75) is 25.5 Å². The van der Waals surface area contributed by atoms with E-state index in [0.717, 1.165) is 22.2 Å². The number of nitrogens with two attached hydrogens (primary N) is 1. The summed E-state index contributed by atoms with van der Waals surface area (Å²) in [5, 5.41) is 4.18. The Balaban J connectivity index is 2.21. The molecule has 0 bridgehead atoms. The van der Waals surface area contributed by atoms with Crippen molar-refractivity contribution in [3.63, 3.8) is 0 Å². The molecule has 0 fully saturated rings. The van der Waals surface area contributed by atoms with Crippen molar-refractivity contribution in [3.8, 4) is 5.75 Å². The molecule has 2 aromatic rings. The third kappa shape index (κ3) is 3.58. The van der Waals surface area contributed by atoms with Crippen molar-refractivity contribution in [1.29, 1.82) is 0 Å². The van der Waals surface area contributed by atoms with E-state index < -0.39 is 0 Å². The van der Waals surface area contributed by atoms with E-state index in [1.165, 1.54) is 0 Å². The van der Waals surface area contributed by atoms with Gasteiger partial charge in [0.1, 0.15) is 11.9 Å². The summed E-state index contributed by atoms with van der Waals surface area (Å²) in [4.78, 5) is 0. The van der Waals surface area contributed by atoms with Gasteiger partial charge in [0.25, 0.3) is 0 Å². The van der Waals surface area contributed by atoms with Crippen LogP contribution in [0.25, 0.3) is 0 Å². The zero-order chi connectivity index (χ0) is 13.8. The van der Waals surface area contributed by atoms with Gasteiger partial charge in [0, 0.05) is 29.3 Å². The monoisotopic (exact) mass is 323 g/mol. The smallest absolute Gasteiger partial charge is 0.142 e. The number of ether oxygens (including phenoxy) is 1. The Hall–Kier alpha value is -1.33. The van der Waals surface area contributed by atoms with Gasteiger partial charge in [-0.25, -0.2) is 0 Å². The van der Waals surface area contributed by atoms with Gasteiger partial charge in [0.2, 0.25) is 0 Å². The summed E-state index contributed by atoms with van der Waals surface area (Å²) in [5.74, 6) is 0.806. The lowest BCUT2D eigenvalue weighted by atomic mass is 10.0. The highest BCUT2D eigenvalue weighted by atomic mass is 79.9. The fourth-order valence-corrected chi connectivity index (χ4v) is 2.13. The number of aryl methyl sites for hydroxylation is 1. The molecule has 0 amide bonds. The summed E-state index contributed by atoms with van der Waals surface area (Å²) in [7, 11) is 1.89. The summed E-state index contributed by atoms with van der Waals surface area (Å²) < 4.78 is 8.81. The van der Waals surface area contributed by atoms with Gasteiger partial charge >= 0.3 is 0 Å². The summed E-state index contributed by atoms with van der Waals surface area (Å²) in [5.41, 5.74) is 7.16. The van der Waals surface area contributed by atoms with Crippen LogP contribution in [-0.2, 0) is 7.05 Å². The van der Waals surface area contributed by atoms with E-state index in [4.69, 9.17) is 10.5 Å². The largest absolute Gasteiger partial charge is 0.484 e. The topological polar surface area (TPSA) is 53.1 Å². The summed E-state index contributed by atoms with van der Waals surface area (Å²) in [6.07, 6.45) is 4.41. The average molecular weight is 324 g/mol. The second kappa shape index (κ2) is 6.21. The molecule has 1 aromatic carbocycles. The zero-order valence-corrected chi connectivity index (χ0v) is 12.7. The lowest BCUT2D eigenvalue weighted by Gasteiger charge is -2.23. The molecular weight excluding hydrogens is 306 g/mol. The van der Waals surface area contributed by atoms with Gasteiger partial charge in [0.05, 0.1) is 6.20 Å². The SMILES string of the molecule is CCC(N)C(Oc1ccc(Br)cc1)c1cnn(C)c1. The van der Waals surface area contributed by atoms with E-state index in [0.29, 0.717) is 0 Å². The molecule has 0 radical (unpaired) electrons. The molecule has 0 aliphatic carbocycles. The molecule has 1 heterocycles. The van der Waals surface area contributed by atoms with E-state index in [2.05, 4.69) is 28.0 Å². The maximum atomic E-state index is 6.16. The molecule has 1 aromatic heterocycles. The first-order valence-electron chi connectivity index (χ1n) is 6.26. The molecule has 19 heavy (non-hydrogen) atoms. The van der Waals surface area contributed by atoms with Crippen LogP contribution in [-0.4, -0.2) is 15.8 Å². The first kappa shape index (κ1) is 14.1. The maximum Gasteiger partial charge on any atom is 0.142 e. The van der Waals surface area contributed by atoms with Gasteiger partial charge in [-0.1, -0.05) is 22.9 Å². The van der Waals surface area contributed by atoms with E-state index in [1.807, 2.05) is 37.5 Å². The van der Waals surface area contributed by atoms with Crippen LogP contribution in [0.2, 0.25) is 0 Å². The average Bonchev–Trinajstić information content (AvgIpc) is 2.83. The Morgan fingerprint density at radius 1 is 1.37 bits per heavy atom. The van der Waals surface area contributed by atoms with E-state index in [-0.39, 0.29) is 12.1 Å². The van der Waals surface area contributed by atoms with Gasteiger partial charge in [-0.3, -0.25) is 4.68 Å². The number of rotatable bonds is 5. The van der Waals surface area contributed by atoms with E-state index in [9.17, 15) is 0 Å². The quantitative estimate of drug-likeness (QED) is 0.920. The van der Waals surface area contributed by atoms with Crippen LogP contribution in [0.3, 0.4) is 0 Å². The van der Waals surface area contributed by atoms with Crippen LogP contribution in [0, 0.1) is 0 Å². The van der Waals surface area contributed by atoms with Gasteiger partial charge in [-0.15, -0.1) is 0 Å². The van der Waals surface area contributed by atoms with Crippen molar-refractivity contribution in [1.82, 2.24) is 9.78 Å². The van der Waals surface area contributed by atoms with Crippen molar-refractivity contribution in [2.75, 3.05) is 0 Å². The third-order valence-electron chi connectivity index (χ3n) is 2.99. The fourth-order valence-electron chi connectivity index (χ4n) is 1.86. The highest BCUT2D eigenvalue weighted by molar-refractivity contribution is 9.10. The third-order valence-corrected chi connectivity index (χ3v) is 3.52. The van der Waals surface area contributed by atoms with Gasteiger partial charge < -0.3 is 10.5 Å².